The maximum atomic E-state index is 4.62. The third kappa shape index (κ3) is 3.97. The van der Waals surface area contributed by atoms with Crippen LogP contribution >= 0.6 is 0 Å². The molecule has 23 heavy (non-hydrogen) atoms. The molecule has 5 nitrogen and oxygen atoms in total. The van der Waals surface area contributed by atoms with E-state index in [1.54, 1.807) is 6.20 Å². The van der Waals surface area contributed by atoms with Crippen molar-refractivity contribution in [2.75, 3.05) is 23.3 Å². The van der Waals surface area contributed by atoms with E-state index in [0.717, 1.165) is 36.5 Å². The summed E-state index contributed by atoms with van der Waals surface area (Å²) in [6.07, 6.45) is 4.06. The van der Waals surface area contributed by atoms with Gasteiger partial charge in [-0.05, 0) is 42.4 Å². The highest BCUT2D eigenvalue weighted by molar-refractivity contribution is 5.56. The molecule has 0 bridgehead atoms. The van der Waals surface area contributed by atoms with Gasteiger partial charge in [0.1, 0.15) is 0 Å². The van der Waals surface area contributed by atoms with Crippen LogP contribution in [-0.2, 0) is 0 Å². The first-order valence-electron chi connectivity index (χ1n) is 8.43. The Labute approximate surface area is 138 Å². The predicted octanol–water partition coefficient (Wildman–Crippen LogP) is 3.97. The molecule has 1 aliphatic heterocycles. The van der Waals surface area contributed by atoms with Gasteiger partial charge in [-0.15, -0.1) is 5.10 Å². The van der Waals surface area contributed by atoms with Gasteiger partial charge >= 0.3 is 0 Å². The van der Waals surface area contributed by atoms with Crippen LogP contribution in [0, 0.1) is 5.92 Å². The SMILES string of the molecule is CC1CCN(c2nncc(Nc3ccc(C(C)C)cc3)n2)CC1. The molecule has 1 saturated heterocycles. The van der Waals surface area contributed by atoms with Crippen molar-refractivity contribution in [2.45, 2.75) is 39.5 Å². The molecule has 2 heterocycles. The maximum Gasteiger partial charge on any atom is 0.247 e. The summed E-state index contributed by atoms with van der Waals surface area (Å²) < 4.78 is 0. The van der Waals surface area contributed by atoms with Crippen LogP contribution in [0.25, 0.3) is 0 Å². The molecule has 0 radical (unpaired) electrons. The van der Waals surface area contributed by atoms with Gasteiger partial charge in [0.05, 0.1) is 6.20 Å². The molecular weight excluding hydrogens is 286 g/mol. The van der Waals surface area contributed by atoms with Crippen LogP contribution in [0.15, 0.2) is 30.5 Å². The van der Waals surface area contributed by atoms with Gasteiger partial charge in [-0.2, -0.15) is 10.1 Å². The second-order valence-electron chi connectivity index (χ2n) is 6.71. The molecule has 1 aromatic heterocycles. The number of piperidine rings is 1. The molecule has 0 aliphatic carbocycles. The molecule has 0 unspecified atom stereocenters. The fourth-order valence-corrected chi connectivity index (χ4v) is 2.80. The Kier molecular flexibility index (Phi) is 4.74. The van der Waals surface area contributed by atoms with Crippen molar-refractivity contribution in [1.82, 2.24) is 15.2 Å². The Morgan fingerprint density at radius 3 is 2.48 bits per heavy atom. The average molecular weight is 311 g/mol. The van der Waals surface area contributed by atoms with E-state index in [-0.39, 0.29) is 0 Å². The van der Waals surface area contributed by atoms with E-state index in [9.17, 15) is 0 Å². The number of benzene rings is 1. The minimum atomic E-state index is 0.540. The first kappa shape index (κ1) is 15.7. The van der Waals surface area contributed by atoms with E-state index in [4.69, 9.17) is 0 Å². The van der Waals surface area contributed by atoms with Gasteiger partial charge in [0, 0.05) is 18.8 Å². The monoisotopic (exact) mass is 311 g/mol. The summed E-state index contributed by atoms with van der Waals surface area (Å²) in [6, 6.07) is 8.46. The normalized spacial score (nSPS) is 15.9. The summed E-state index contributed by atoms with van der Waals surface area (Å²) in [4.78, 5) is 6.84. The molecule has 0 spiro atoms. The lowest BCUT2D eigenvalue weighted by Crippen LogP contribution is -2.34. The zero-order valence-corrected chi connectivity index (χ0v) is 14.2. The molecule has 0 amide bonds. The number of nitrogens with zero attached hydrogens (tertiary/aromatic N) is 4. The lowest BCUT2D eigenvalue weighted by Gasteiger charge is -2.29. The van der Waals surface area contributed by atoms with E-state index in [1.165, 1.54) is 18.4 Å². The Hall–Kier alpha value is -2.17. The Bertz CT molecular complexity index is 630. The fourth-order valence-electron chi connectivity index (χ4n) is 2.80. The standard InChI is InChI=1S/C18H25N5/c1-13(2)15-4-6-16(7-5-15)20-17-12-19-22-18(21-17)23-10-8-14(3)9-11-23/h4-7,12-14H,8-11H2,1-3H3,(H,20,21,22). The van der Waals surface area contributed by atoms with E-state index in [1.807, 2.05) is 0 Å². The van der Waals surface area contributed by atoms with Crippen LogP contribution in [0.3, 0.4) is 0 Å². The molecular formula is C18H25N5. The van der Waals surface area contributed by atoms with Crippen LogP contribution in [0.5, 0.6) is 0 Å². The van der Waals surface area contributed by atoms with Crippen LogP contribution in [0.2, 0.25) is 0 Å². The van der Waals surface area contributed by atoms with Crippen molar-refractivity contribution >= 4 is 17.5 Å². The molecule has 1 aromatic carbocycles. The van der Waals surface area contributed by atoms with Crippen molar-refractivity contribution in [3.05, 3.63) is 36.0 Å². The molecule has 0 saturated carbocycles. The topological polar surface area (TPSA) is 53.9 Å². The van der Waals surface area contributed by atoms with Gasteiger partial charge in [0.15, 0.2) is 5.82 Å². The number of hydrogen-bond acceptors (Lipinski definition) is 5. The largest absolute Gasteiger partial charge is 0.339 e. The molecule has 2 aromatic rings. The van der Waals surface area contributed by atoms with Gasteiger partial charge in [0.2, 0.25) is 5.95 Å². The second kappa shape index (κ2) is 6.94. The summed E-state index contributed by atoms with van der Waals surface area (Å²) in [5, 5.41) is 11.6. The van der Waals surface area contributed by atoms with Crippen molar-refractivity contribution in [3.63, 3.8) is 0 Å². The molecule has 122 valence electrons. The Morgan fingerprint density at radius 2 is 1.83 bits per heavy atom. The van der Waals surface area contributed by atoms with Crippen molar-refractivity contribution in [3.8, 4) is 0 Å². The third-order valence-corrected chi connectivity index (χ3v) is 4.46. The van der Waals surface area contributed by atoms with Gasteiger partial charge < -0.3 is 10.2 Å². The molecule has 3 rings (SSSR count). The first-order valence-corrected chi connectivity index (χ1v) is 8.43. The lowest BCUT2D eigenvalue weighted by atomic mass is 10.00. The van der Waals surface area contributed by atoms with Crippen molar-refractivity contribution in [1.29, 1.82) is 0 Å². The van der Waals surface area contributed by atoms with Crippen LogP contribution in [-0.4, -0.2) is 28.3 Å². The van der Waals surface area contributed by atoms with Gasteiger partial charge in [-0.25, -0.2) is 0 Å². The van der Waals surface area contributed by atoms with Gasteiger partial charge in [-0.3, -0.25) is 0 Å². The van der Waals surface area contributed by atoms with Crippen molar-refractivity contribution < 1.29 is 0 Å². The summed E-state index contributed by atoms with van der Waals surface area (Å²) >= 11 is 0. The maximum absolute atomic E-state index is 4.62. The Balaban J connectivity index is 1.70. The molecule has 1 N–H and O–H groups in total. The third-order valence-electron chi connectivity index (χ3n) is 4.46. The van der Waals surface area contributed by atoms with Gasteiger partial charge in [0.25, 0.3) is 0 Å². The van der Waals surface area contributed by atoms with E-state index in [0.29, 0.717) is 5.92 Å². The summed E-state index contributed by atoms with van der Waals surface area (Å²) in [7, 11) is 0. The number of hydrogen-bond donors (Lipinski definition) is 1. The lowest BCUT2D eigenvalue weighted by molar-refractivity contribution is 0.433. The fraction of sp³-hybridized carbons (Fsp3) is 0.500. The molecule has 0 atom stereocenters. The average Bonchev–Trinajstić information content (AvgIpc) is 2.56. The first-order chi connectivity index (χ1) is 11.1. The molecule has 1 aliphatic rings. The number of anilines is 3. The predicted molar refractivity (Wildman–Crippen MR) is 94.3 cm³/mol. The van der Waals surface area contributed by atoms with Crippen LogP contribution in [0.4, 0.5) is 17.5 Å². The second-order valence-corrected chi connectivity index (χ2v) is 6.71. The van der Waals surface area contributed by atoms with Crippen molar-refractivity contribution in [2.24, 2.45) is 5.92 Å². The highest BCUT2D eigenvalue weighted by Crippen LogP contribution is 2.22. The highest BCUT2D eigenvalue weighted by Gasteiger charge is 2.18. The molecule has 1 fully saturated rings. The van der Waals surface area contributed by atoms with E-state index in [2.05, 4.69) is 70.4 Å². The highest BCUT2D eigenvalue weighted by atomic mass is 15.3. The molecule has 5 heteroatoms. The van der Waals surface area contributed by atoms with Crippen LogP contribution in [0.1, 0.15) is 45.1 Å². The minimum Gasteiger partial charge on any atom is -0.339 e. The zero-order valence-electron chi connectivity index (χ0n) is 14.2. The quantitative estimate of drug-likeness (QED) is 0.925. The summed E-state index contributed by atoms with van der Waals surface area (Å²) in [5.41, 5.74) is 2.35. The number of rotatable bonds is 4. The minimum absolute atomic E-state index is 0.540. The number of nitrogens with one attached hydrogen (secondary N) is 1. The summed E-state index contributed by atoms with van der Waals surface area (Å²) in [6.45, 7) is 8.71. The van der Waals surface area contributed by atoms with E-state index < -0.39 is 0 Å². The van der Waals surface area contributed by atoms with Gasteiger partial charge in [-0.1, -0.05) is 32.9 Å². The van der Waals surface area contributed by atoms with Crippen LogP contribution < -0.4 is 10.2 Å². The van der Waals surface area contributed by atoms with E-state index >= 15 is 0 Å². The zero-order chi connectivity index (χ0) is 16.2. The number of aromatic nitrogens is 3. The summed E-state index contributed by atoms with van der Waals surface area (Å²) in [5.74, 6) is 2.80. The smallest absolute Gasteiger partial charge is 0.247 e. The Morgan fingerprint density at radius 1 is 1.13 bits per heavy atom.